The van der Waals surface area contributed by atoms with Gasteiger partial charge in [0.05, 0.1) is 19.3 Å². The predicted octanol–water partition coefficient (Wildman–Crippen LogP) is 0.585. The molecule has 1 N–H and O–H groups in total. The summed E-state index contributed by atoms with van der Waals surface area (Å²) in [6.45, 7) is 8.59. The van der Waals surface area contributed by atoms with Crippen molar-refractivity contribution in [2.24, 2.45) is 0 Å². The Morgan fingerprint density at radius 2 is 2.25 bits per heavy atom. The lowest BCUT2D eigenvalue weighted by Gasteiger charge is -2.35. The Labute approximate surface area is 96.3 Å². The summed E-state index contributed by atoms with van der Waals surface area (Å²) >= 11 is 0. The monoisotopic (exact) mass is 231 g/mol. The fourth-order valence-electron chi connectivity index (χ4n) is 1.63. The van der Waals surface area contributed by atoms with Crippen LogP contribution < -0.4 is 0 Å². The summed E-state index contributed by atoms with van der Waals surface area (Å²) in [4.78, 5) is 12.9. The largest absolute Gasteiger partial charge is 0.479 e. The first kappa shape index (κ1) is 13.4. The standard InChI is InChI=1S/C11H21NO4/c1-8(2)12-4-5-15-10(6-12)7-16-9(3)11(13)14/h8-10H,4-7H2,1-3H3,(H,13,14). The first-order valence-corrected chi connectivity index (χ1v) is 5.70. The van der Waals surface area contributed by atoms with Gasteiger partial charge in [0.1, 0.15) is 0 Å². The fraction of sp³-hybridized carbons (Fsp3) is 0.909. The Morgan fingerprint density at radius 3 is 2.81 bits per heavy atom. The third-order valence-corrected chi connectivity index (χ3v) is 2.78. The van der Waals surface area contributed by atoms with E-state index >= 15 is 0 Å². The zero-order valence-electron chi connectivity index (χ0n) is 10.2. The molecule has 0 saturated carbocycles. The smallest absolute Gasteiger partial charge is 0.332 e. The van der Waals surface area contributed by atoms with E-state index in [9.17, 15) is 4.79 Å². The lowest BCUT2D eigenvalue weighted by Crippen LogP contribution is -2.47. The molecule has 0 spiro atoms. The molecule has 5 heteroatoms. The van der Waals surface area contributed by atoms with Crippen LogP contribution in [0.1, 0.15) is 20.8 Å². The number of nitrogens with zero attached hydrogens (tertiary/aromatic N) is 1. The number of carboxylic acids is 1. The summed E-state index contributed by atoms with van der Waals surface area (Å²) < 4.78 is 10.7. The molecule has 1 aliphatic rings. The van der Waals surface area contributed by atoms with Crippen LogP contribution in [0.15, 0.2) is 0 Å². The summed E-state index contributed by atoms with van der Waals surface area (Å²) in [5, 5.41) is 8.68. The molecular weight excluding hydrogens is 210 g/mol. The molecule has 94 valence electrons. The maximum atomic E-state index is 10.6. The number of ether oxygens (including phenoxy) is 2. The van der Waals surface area contributed by atoms with Crippen LogP contribution in [0.25, 0.3) is 0 Å². The molecule has 1 fully saturated rings. The van der Waals surface area contributed by atoms with Gasteiger partial charge in [-0.1, -0.05) is 0 Å². The lowest BCUT2D eigenvalue weighted by molar-refractivity contribution is -0.153. The third-order valence-electron chi connectivity index (χ3n) is 2.78. The molecule has 0 aliphatic carbocycles. The van der Waals surface area contributed by atoms with Crippen LogP contribution in [-0.4, -0.2) is 60.5 Å². The van der Waals surface area contributed by atoms with Crippen LogP contribution in [-0.2, 0) is 14.3 Å². The highest BCUT2D eigenvalue weighted by Gasteiger charge is 2.23. The van der Waals surface area contributed by atoms with Gasteiger partial charge >= 0.3 is 5.97 Å². The van der Waals surface area contributed by atoms with Crippen LogP contribution in [0.3, 0.4) is 0 Å². The Hall–Kier alpha value is -0.650. The van der Waals surface area contributed by atoms with Crippen molar-refractivity contribution in [3.05, 3.63) is 0 Å². The van der Waals surface area contributed by atoms with E-state index in [1.54, 1.807) is 0 Å². The highest BCUT2D eigenvalue weighted by molar-refractivity contribution is 5.71. The predicted molar refractivity (Wildman–Crippen MR) is 59.5 cm³/mol. The van der Waals surface area contributed by atoms with E-state index in [2.05, 4.69) is 18.7 Å². The van der Waals surface area contributed by atoms with E-state index in [1.165, 1.54) is 6.92 Å². The van der Waals surface area contributed by atoms with Crippen LogP contribution >= 0.6 is 0 Å². The van der Waals surface area contributed by atoms with Gasteiger partial charge in [-0.2, -0.15) is 0 Å². The van der Waals surface area contributed by atoms with E-state index < -0.39 is 12.1 Å². The van der Waals surface area contributed by atoms with Crippen molar-refractivity contribution in [2.45, 2.75) is 39.0 Å². The Kier molecular flexibility index (Phi) is 5.18. The topological polar surface area (TPSA) is 59.0 Å². The van der Waals surface area contributed by atoms with E-state index in [0.717, 1.165) is 13.1 Å². The number of carboxylic acid groups (broad SMARTS) is 1. The lowest BCUT2D eigenvalue weighted by atomic mass is 10.2. The van der Waals surface area contributed by atoms with Crippen LogP contribution in [0, 0.1) is 0 Å². The molecule has 0 aromatic rings. The van der Waals surface area contributed by atoms with Gasteiger partial charge in [0.25, 0.3) is 0 Å². The van der Waals surface area contributed by atoms with Crippen molar-refractivity contribution in [2.75, 3.05) is 26.3 Å². The van der Waals surface area contributed by atoms with Gasteiger partial charge in [-0.05, 0) is 20.8 Å². The van der Waals surface area contributed by atoms with Crippen molar-refractivity contribution in [1.82, 2.24) is 4.90 Å². The molecule has 5 nitrogen and oxygen atoms in total. The van der Waals surface area contributed by atoms with Gasteiger partial charge in [0.15, 0.2) is 6.10 Å². The Bertz CT molecular complexity index is 232. The summed E-state index contributed by atoms with van der Waals surface area (Å²) in [5.74, 6) is -0.934. The number of aliphatic carboxylic acids is 1. The zero-order valence-corrected chi connectivity index (χ0v) is 10.2. The molecule has 1 rings (SSSR count). The SMILES string of the molecule is CC(OCC1CN(C(C)C)CCO1)C(=O)O. The number of hydrogen-bond donors (Lipinski definition) is 1. The first-order valence-electron chi connectivity index (χ1n) is 5.70. The second-order valence-corrected chi connectivity index (χ2v) is 4.40. The van der Waals surface area contributed by atoms with Gasteiger partial charge in [-0.3, -0.25) is 4.90 Å². The molecule has 2 unspecified atom stereocenters. The first-order chi connectivity index (χ1) is 7.50. The van der Waals surface area contributed by atoms with E-state index in [4.69, 9.17) is 14.6 Å². The van der Waals surface area contributed by atoms with Crippen molar-refractivity contribution in [3.8, 4) is 0 Å². The molecule has 0 radical (unpaired) electrons. The molecule has 0 aromatic carbocycles. The molecule has 2 atom stereocenters. The van der Waals surface area contributed by atoms with Crippen molar-refractivity contribution in [3.63, 3.8) is 0 Å². The van der Waals surface area contributed by atoms with E-state index in [1.807, 2.05) is 0 Å². The van der Waals surface area contributed by atoms with Gasteiger partial charge in [-0.15, -0.1) is 0 Å². The molecule has 1 heterocycles. The second-order valence-electron chi connectivity index (χ2n) is 4.40. The maximum Gasteiger partial charge on any atom is 0.332 e. The normalized spacial score (nSPS) is 24.6. The number of carbonyl (C=O) groups is 1. The molecular formula is C11H21NO4. The molecule has 1 saturated heterocycles. The molecule has 0 amide bonds. The van der Waals surface area contributed by atoms with E-state index in [-0.39, 0.29) is 6.10 Å². The van der Waals surface area contributed by atoms with Crippen molar-refractivity contribution in [1.29, 1.82) is 0 Å². The highest BCUT2D eigenvalue weighted by atomic mass is 16.5. The average molecular weight is 231 g/mol. The molecule has 0 bridgehead atoms. The highest BCUT2D eigenvalue weighted by Crippen LogP contribution is 2.09. The second kappa shape index (κ2) is 6.18. The Morgan fingerprint density at radius 1 is 1.56 bits per heavy atom. The minimum atomic E-state index is -0.934. The quantitative estimate of drug-likeness (QED) is 0.750. The van der Waals surface area contributed by atoms with Gasteiger partial charge in [-0.25, -0.2) is 4.79 Å². The van der Waals surface area contributed by atoms with Gasteiger partial charge < -0.3 is 14.6 Å². The van der Waals surface area contributed by atoms with Gasteiger partial charge in [0.2, 0.25) is 0 Å². The van der Waals surface area contributed by atoms with Crippen LogP contribution in [0.5, 0.6) is 0 Å². The minimum Gasteiger partial charge on any atom is -0.479 e. The summed E-state index contributed by atoms with van der Waals surface area (Å²) in [6, 6.07) is 0.489. The number of rotatable bonds is 5. The molecule has 16 heavy (non-hydrogen) atoms. The fourth-order valence-corrected chi connectivity index (χ4v) is 1.63. The van der Waals surface area contributed by atoms with Crippen LogP contribution in [0.2, 0.25) is 0 Å². The van der Waals surface area contributed by atoms with Crippen molar-refractivity contribution < 1.29 is 19.4 Å². The van der Waals surface area contributed by atoms with Crippen LogP contribution in [0.4, 0.5) is 0 Å². The third kappa shape index (κ3) is 4.08. The zero-order chi connectivity index (χ0) is 12.1. The average Bonchev–Trinajstić information content (AvgIpc) is 2.26. The van der Waals surface area contributed by atoms with E-state index in [0.29, 0.717) is 19.3 Å². The molecule has 0 aromatic heterocycles. The maximum absolute atomic E-state index is 10.6. The van der Waals surface area contributed by atoms with Crippen molar-refractivity contribution >= 4 is 5.97 Å². The summed E-state index contributed by atoms with van der Waals surface area (Å²) in [7, 11) is 0. The van der Waals surface area contributed by atoms with Gasteiger partial charge in [0, 0.05) is 19.1 Å². The Balaban J connectivity index is 2.29. The molecule has 1 aliphatic heterocycles. The number of hydrogen-bond acceptors (Lipinski definition) is 4. The minimum absolute atomic E-state index is 0.0158. The summed E-state index contributed by atoms with van der Waals surface area (Å²) in [5.41, 5.74) is 0. The number of morpholine rings is 1. The summed E-state index contributed by atoms with van der Waals surface area (Å²) in [6.07, 6.45) is -0.782.